The van der Waals surface area contributed by atoms with Crippen LogP contribution in [0.3, 0.4) is 0 Å². The third kappa shape index (κ3) is 4.61. The van der Waals surface area contributed by atoms with E-state index in [-0.39, 0.29) is 21.5 Å². The monoisotopic (exact) mass is 354 g/mol. The van der Waals surface area contributed by atoms with Gasteiger partial charge in [-0.1, -0.05) is 29.3 Å². The number of benzene rings is 2. The zero-order valence-electron chi connectivity index (χ0n) is 12.3. The minimum Gasteiger partial charge on any atom is -0.456 e. The van der Waals surface area contributed by atoms with Crippen molar-refractivity contribution in [2.75, 3.05) is 0 Å². The summed E-state index contributed by atoms with van der Waals surface area (Å²) in [6.07, 6.45) is 0. The summed E-state index contributed by atoms with van der Waals surface area (Å²) in [4.78, 5) is 22.1. The fraction of sp³-hybridized carbons (Fsp3) is 0.125. The van der Waals surface area contributed by atoms with Gasteiger partial charge in [-0.2, -0.15) is 0 Å². The Bertz CT molecular complexity index is 758. The summed E-state index contributed by atoms with van der Waals surface area (Å²) < 4.78 is 15.6. The molecule has 0 fully saturated rings. The van der Waals surface area contributed by atoms with Crippen molar-refractivity contribution in [2.45, 2.75) is 13.8 Å². The largest absolute Gasteiger partial charge is 0.456 e. The Morgan fingerprint density at radius 1 is 0.913 bits per heavy atom. The van der Waals surface area contributed by atoms with Gasteiger partial charge < -0.3 is 14.2 Å². The quantitative estimate of drug-likeness (QED) is 0.591. The van der Waals surface area contributed by atoms with E-state index in [0.29, 0.717) is 11.5 Å². The molecule has 0 N–H and O–H groups in total. The molecule has 2 aromatic carbocycles. The van der Waals surface area contributed by atoms with Crippen molar-refractivity contribution in [3.8, 4) is 23.0 Å². The number of ether oxygens (including phenoxy) is 3. The second kappa shape index (κ2) is 7.35. The van der Waals surface area contributed by atoms with Crippen LogP contribution in [0.1, 0.15) is 13.8 Å². The van der Waals surface area contributed by atoms with Crippen LogP contribution in [0.4, 0.5) is 0 Å². The van der Waals surface area contributed by atoms with Gasteiger partial charge in [0.05, 0.1) is 5.02 Å². The number of carbonyl (C=O) groups excluding carboxylic acids is 2. The third-order valence-electron chi connectivity index (χ3n) is 2.55. The normalized spacial score (nSPS) is 10.1. The molecule has 0 amide bonds. The van der Waals surface area contributed by atoms with Crippen LogP contribution in [-0.4, -0.2) is 11.9 Å². The zero-order chi connectivity index (χ0) is 17.0. The lowest BCUT2D eigenvalue weighted by Crippen LogP contribution is -2.03. The molecule has 0 bridgehead atoms. The maximum atomic E-state index is 11.1. The summed E-state index contributed by atoms with van der Waals surface area (Å²) >= 11 is 12.1. The second-order valence-corrected chi connectivity index (χ2v) is 5.24. The van der Waals surface area contributed by atoms with Crippen LogP contribution in [-0.2, 0) is 9.59 Å². The van der Waals surface area contributed by atoms with Crippen LogP contribution in [0.2, 0.25) is 10.0 Å². The minimum absolute atomic E-state index is 0.0227. The number of hydrogen-bond acceptors (Lipinski definition) is 5. The maximum Gasteiger partial charge on any atom is 0.308 e. The van der Waals surface area contributed by atoms with E-state index in [1.807, 2.05) is 0 Å². The fourth-order valence-corrected chi connectivity index (χ4v) is 2.21. The SMILES string of the molecule is CC(=O)Oc1cccc(Oc2ccc(Cl)c(OC(C)=O)c2Cl)c1. The van der Waals surface area contributed by atoms with Crippen LogP contribution in [0, 0.1) is 0 Å². The summed E-state index contributed by atoms with van der Waals surface area (Å²) in [5.74, 6) is -0.00423. The average molecular weight is 355 g/mol. The first-order valence-corrected chi connectivity index (χ1v) is 7.25. The van der Waals surface area contributed by atoms with E-state index in [9.17, 15) is 9.59 Å². The maximum absolute atomic E-state index is 11.1. The number of carbonyl (C=O) groups is 2. The van der Waals surface area contributed by atoms with Gasteiger partial charge in [0.2, 0.25) is 0 Å². The highest BCUT2D eigenvalue weighted by Crippen LogP contribution is 2.41. The van der Waals surface area contributed by atoms with E-state index in [4.69, 9.17) is 37.4 Å². The van der Waals surface area contributed by atoms with Gasteiger partial charge in [-0.15, -0.1) is 0 Å². The van der Waals surface area contributed by atoms with Crippen molar-refractivity contribution in [1.29, 1.82) is 0 Å². The Hall–Kier alpha value is -2.24. The van der Waals surface area contributed by atoms with Crippen LogP contribution in [0.15, 0.2) is 36.4 Å². The van der Waals surface area contributed by atoms with Crippen LogP contribution in [0.5, 0.6) is 23.0 Å². The van der Waals surface area contributed by atoms with E-state index in [1.54, 1.807) is 18.2 Å². The van der Waals surface area contributed by atoms with Gasteiger partial charge >= 0.3 is 11.9 Å². The predicted octanol–water partition coefficient (Wildman–Crippen LogP) is 4.64. The summed E-state index contributed by atoms with van der Waals surface area (Å²) in [6.45, 7) is 2.54. The zero-order valence-corrected chi connectivity index (χ0v) is 13.8. The standard InChI is InChI=1S/C16H12Cl2O5/c1-9(19)21-11-4-3-5-12(8-11)23-14-7-6-13(17)16(15(14)18)22-10(2)20/h3-8H,1-2H3. The van der Waals surface area contributed by atoms with Gasteiger partial charge in [-0.3, -0.25) is 9.59 Å². The first-order chi connectivity index (χ1) is 10.9. The molecule has 23 heavy (non-hydrogen) atoms. The van der Waals surface area contributed by atoms with E-state index in [0.717, 1.165) is 0 Å². The molecule has 0 aliphatic rings. The third-order valence-corrected chi connectivity index (χ3v) is 3.21. The number of hydrogen-bond donors (Lipinski definition) is 0. The molecule has 0 atom stereocenters. The molecule has 0 radical (unpaired) electrons. The smallest absolute Gasteiger partial charge is 0.308 e. The molecule has 7 heteroatoms. The molecule has 0 unspecified atom stereocenters. The lowest BCUT2D eigenvalue weighted by Gasteiger charge is -2.12. The number of esters is 2. The molecule has 0 saturated heterocycles. The Morgan fingerprint density at radius 3 is 2.22 bits per heavy atom. The Labute approximate surface area is 142 Å². The molecule has 0 saturated carbocycles. The molecule has 120 valence electrons. The summed E-state index contributed by atoms with van der Waals surface area (Å²) in [7, 11) is 0. The average Bonchev–Trinajstić information content (AvgIpc) is 2.46. The highest BCUT2D eigenvalue weighted by atomic mass is 35.5. The number of halogens is 2. The second-order valence-electron chi connectivity index (χ2n) is 4.45. The van der Waals surface area contributed by atoms with E-state index < -0.39 is 11.9 Å². The van der Waals surface area contributed by atoms with Gasteiger partial charge in [-0.05, 0) is 24.3 Å². The Kier molecular flexibility index (Phi) is 5.47. The van der Waals surface area contributed by atoms with Crippen LogP contribution >= 0.6 is 23.2 Å². The van der Waals surface area contributed by atoms with E-state index >= 15 is 0 Å². The molecule has 2 aromatic rings. The Balaban J connectivity index is 2.30. The van der Waals surface area contributed by atoms with Gasteiger partial charge in [0.25, 0.3) is 0 Å². The topological polar surface area (TPSA) is 61.8 Å². The summed E-state index contributed by atoms with van der Waals surface area (Å²) in [5.41, 5.74) is 0. The number of rotatable bonds is 4. The van der Waals surface area contributed by atoms with Gasteiger partial charge in [0.1, 0.15) is 22.3 Å². The van der Waals surface area contributed by atoms with Crippen molar-refractivity contribution in [1.82, 2.24) is 0 Å². The molecular weight excluding hydrogens is 343 g/mol. The molecular formula is C16H12Cl2O5. The first kappa shape index (κ1) is 17.1. The van der Waals surface area contributed by atoms with Crippen molar-refractivity contribution in [2.24, 2.45) is 0 Å². The van der Waals surface area contributed by atoms with Crippen LogP contribution in [0.25, 0.3) is 0 Å². The molecule has 2 rings (SSSR count). The lowest BCUT2D eigenvalue weighted by molar-refractivity contribution is -0.132. The summed E-state index contributed by atoms with van der Waals surface area (Å²) in [5, 5.41) is 0.247. The highest BCUT2D eigenvalue weighted by Gasteiger charge is 2.16. The molecule has 0 aliphatic heterocycles. The van der Waals surface area contributed by atoms with Gasteiger partial charge in [0, 0.05) is 19.9 Å². The fourth-order valence-electron chi connectivity index (χ4n) is 1.72. The highest BCUT2D eigenvalue weighted by molar-refractivity contribution is 6.38. The van der Waals surface area contributed by atoms with Crippen molar-refractivity contribution in [3.05, 3.63) is 46.4 Å². The minimum atomic E-state index is -0.553. The van der Waals surface area contributed by atoms with Crippen LogP contribution < -0.4 is 14.2 Å². The molecule has 0 aliphatic carbocycles. The van der Waals surface area contributed by atoms with Gasteiger partial charge in [-0.25, -0.2) is 0 Å². The van der Waals surface area contributed by atoms with Crippen molar-refractivity contribution < 1.29 is 23.8 Å². The van der Waals surface area contributed by atoms with Gasteiger partial charge in [0.15, 0.2) is 5.75 Å². The lowest BCUT2D eigenvalue weighted by atomic mass is 10.3. The first-order valence-electron chi connectivity index (χ1n) is 6.49. The molecule has 0 heterocycles. The molecule has 5 nitrogen and oxygen atoms in total. The molecule has 0 spiro atoms. The molecule has 0 aromatic heterocycles. The van der Waals surface area contributed by atoms with E-state index in [1.165, 1.54) is 32.0 Å². The summed E-state index contributed by atoms with van der Waals surface area (Å²) in [6, 6.07) is 9.49. The van der Waals surface area contributed by atoms with Crippen molar-refractivity contribution >= 4 is 35.1 Å². The van der Waals surface area contributed by atoms with Crippen molar-refractivity contribution in [3.63, 3.8) is 0 Å². The Morgan fingerprint density at radius 2 is 1.57 bits per heavy atom. The predicted molar refractivity (Wildman–Crippen MR) is 85.6 cm³/mol. The van der Waals surface area contributed by atoms with E-state index in [2.05, 4.69) is 0 Å².